The molecule has 3 rings (SSSR count). The Kier molecular flexibility index (Phi) is 3.74. The highest BCUT2D eigenvalue weighted by atomic mass is 16.5. The van der Waals surface area contributed by atoms with Crippen molar-refractivity contribution in [3.8, 4) is 5.75 Å². The Morgan fingerprint density at radius 1 is 1.25 bits per heavy atom. The standard InChI is InChI=1S/C16H16N2O2/c19-10-13-6-7-15(16(18-13)14-8-9-17-14)20-11-12-4-2-1-3-5-12/h1-7,10,14,17H,8-9,11H2/t14-/m1/s1. The lowest BCUT2D eigenvalue weighted by molar-refractivity contribution is 0.111. The molecule has 0 amide bonds. The van der Waals surface area contributed by atoms with Gasteiger partial charge in [0.15, 0.2) is 6.29 Å². The molecule has 1 aliphatic heterocycles. The van der Waals surface area contributed by atoms with Crippen LogP contribution in [0.1, 0.15) is 34.2 Å². The van der Waals surface area contributed by atoms with Gasteiger partial charge in [0.1, 0.15) is 23.7 Å². The van der Waals surface area contributed by atoms with Gasteiger partial charge in [0.2, 0.25) is 0 Å². The van der Waals surface area contributed by atoms with Crippen LogP contribution in [0.25, 0.3) is 0 Å². The van der Waals surface area contributed by atoms with Gasteiger partial charge in [-0.1, -0.05) is 30.3 Å². The van der Waals surface area contributed by atoms with E-state index in [0.29, 0.717) is 12.3 Å². The number of nitrogens with one attached hydrogen (secondary N) is 1. The number of aromatic nitrogens is 1. The average molecular weight is 268 g/mol. The van der Waals surface area contributed by atoms with E-state index in [2.05, 4.69) is 10.3 Å². The molecule has 1 aliphatic rings. The molecule has 2 heterocycles. The van der Waals surface area contributed by atoms with E-state index in [1.54, 1.807) is 6.07 Å². The fourth-order valence-electron chi connectivity index (χ4n) is 2.17. The summed E-state index contributed by atoms with van der Waals surface area (Å²) in [6, 6.07) is 13.7. The second kappa shape index (κ2) is 5.84. The maximum absolute atomic E-state index is 10.9. The van der Waals surface area contributed by atoms with Gasteiger partial charge in [-0.3, -0.25) is 4.79 Å². The zero-order valence-electron chi connectivity index (χ0n) is 11.1. The number of hydrogen-bond acceptors (Lipinski definition) is 4. The van der Waals surface area contributed by atoms with Crippen LogP contribution in [-0.2, 0) is 6.61 Å². The van der Waals surface area contributed by atoms with Crippen molar-refractivity contribution in [2.45, 2.75) is 19.1 Å². The molecule has 0 saturated carbocycles. The van der Waals surface area contributed by atoms with E-state index < -0.39 is 0 Å². The molecule has 20 heavy (non-hydrogen) atoms. The maximum atomic E-state index is 10.9. The summed E-state index contributed by atoms with van der Waals surface area (Å²) in [7, 11) is 0. The molecular weight excluding hydrogens is 252 g/mol. The molecule has 0 radical (unpaired) electrons. The van der Waals surface area contributed by atoms with Gasteiger partial charge in [-0.25, -0.2) is 4.98 Å². The van der Waals surface area contributed by atoms with E-state index in [9.17, 15) is 4.79 Å². The first-order chi connectivity index (χ1) is 9.86. The smallest absolute Gasteiger partial charge is 0.168 e. The average Bonchev–Trinajstić information content (AvgIpc) is 2.45. The summed E-state index contributed by atoms with van der Waals surface area (Å²) >= 11 is 0. The summed E-state index contributed by atoms with van der Waals surface area (Å²) in [4.78, 5) is 15.2. The number of ether oxygens (including phenoxy) is 1. The van der Waals surface area contributed by atoms with E-state index >= 15 is 0 Å². The van der Waals surface area contributed by atoms with Crippen molar-refractivity contribution < 1.29 is 9.53 Å². The van der Waals surface area contributed by atoms with Crippen molar-refractivity contribution in [1.29, 1.82) is 0 Å². The second-order valence-corrected chi connectivity index (χ2v) is 4.81. The summed E-state index contributed by atoms with van der Waals surface area (Å²) in [6.07, 6.45) is 1.79. The van der Waals surface area contributed by atoms with Crippen LogP contribution in [0.4, 0.5) is 0 Å². The Hall–Kier alpha value is -2.20. The van der Waals surface area contributed by atoms with E-state index in [4.69, 9.17) is 4.74 Å². The molecule has 1 aromatic heterocycles. The summed E-state index contributed by atoms with van der Waals surface area (Å²) in [6.45, 7) is 1.48. The Labute approximate surface area is 117 Å². The number of aldehydes is 1. The van der Waals surface area contributed by atoms with Crippen molar-refractivity contribution >= 4 is 6.29 Å². The molecule has 1 fully saturated rings. The number of pyridine rings is 1. The zero-order valence-corrected chi connectivity index (χ0v) is 11.1. The number of rotatable bonds is 5. The van der Waals surface area contributed by atoms with Crippen molar-refractivity contribution in [3.63, 3.8) is 0 Å². The zero-order chi connectivity index (χ0) is 13.8. The molecule has 0 bridgehead atoms. The first-order valence-electron chi connectivity index (χ1n) is 6.73. The minimum Gasteiger partial charge on any atom is -0.487 e. The van der Waals surface area contributed by atoms with Gasteiger partial charge in [0.25, 0.3) is 0 Å². The van der Waals surface area contributed by atoms with E-state index in [-0.39, 0.29) is 6.04 Å². The lowest BCUT2D eigenvalue weighted by Crippen LogP contribution is -2.36. The molecule has 4 heteroatoms. The van der Waals surface area contributed by atoms with Gasteiger partial charge in [-0.15, -0.1) is 0 Å². The molecule has 0 aliphatic carbocycles. The molecule has 2 aromatic rings. The molecule has 1 N–H and O–H groups in total. The van der Waals surface area contributed by atoms with Crippen LogP contribution in [0.3, 0.4) is 0 Å². The van der Waals surface area contributed by atoms with E-state index in [1.165, 1.54) is 0 Å². The molecule has 0 unspecified atom stereocenters. The third kappa shape index (κ3) is 2.70. The Morgan fingerprint density at radius 2 is 2.05 bits per heavy atom. The van der Waals surface area contributed by atoms with Gasteiger partial charge >= 0.3 is 0 Å². The molecule has 102 valence electrons. The Balaban J connectivity index is 1.79. The molecule has 0 spiro atoms. The minimum atomic E-state index is 0.195. The van der Waals surface area contributed by atoms with E-state index in [1.807, 2.05) is 36.4 Å². The third-order valence-corrected chi connectivity index (χ3v) is 3.42. The quantitative estimate of drug-likeness (QED) is 0.847. The summed E-state index contributed by atoms with van der Waals surface area (Å²) in [5.41, 5.74) is 2.39. The molecule has 1 saturated heterocycles. The van der Waals surface area contributed by atoms with Crippen molar-refractivity contribution in [1.82, 2.24) is 10.3 Å². The Morgan fingerprint density at radius 3 is 2.70 bits per heavy atom. The third-order valence-electron chi connectivity index (χ3n) is 3.42. The minimum absolute atomic E-state index is 0.195. The highest BCUT2D eigenvalue weighted by Gasteiger charge is 2.24. The predicted octanol–water partition coefficient (Wildman–Crippen LogP) is 2.51. The fraction of sp³-hybridized carbons (Fsp3) is 0.250. The van der Waals surface area contributed by atoms with Gasteiger partial charge < -0.3 is 10.1 Å². The van der Waals surface area contributed by atoms with Crippen molar-refractivity contribution in [2.75, 3.05) is 6.54 Å². The van der Waals surface area contributed by atoms with Crippen LogP contribution in [0, 0.1) is 0 Å². The summed E-state index contributed by atoms with van der Waals surface area (Å²) in [5.74, 6) is 0.747. The number of carbonyl (C=O) groups is 1. The van der Waals surface area contributed by atoms with Crippen LogP contribution in [-0.4, -0.2) is 17.8 Å². The molecule has 1 aromatic carbocycles. The molecule has 1 atom stereocenters. The highest BCUT2D eigenvalue weighted by Crippen LogP contribution is 2.30. The summed E-state index contributed by atoms with van der Waals surface area (Å²) < 4.78 is 5.86. The second-order valence-electron chi connectivity index (χ2n) is 4.81. The fourth-order valence-corrected chi connectivity index (χ4v) is 2.17. The van der Waals surface area contributed by atoms with Crippen LogP contribution in [0.2, 0.25) is 0 Å². The first-order valence-corrected chi connectivity index (χ1v) is 6.73. The molecular formula is C16H16N2O2. The van der Waals surface area contributed by atoms with Gasteiger partial charge in [-0.2, -0.15) is 0 Å². The lowest BCUT2D eigenvalue weighted by Gasteiger charge is -2.28. The van der Waals surface area contributed by atoms with Crippen molar-refractivity contribution in [2.24, 2.45) is 0 Å². The predicted molar refractivity (Wildman–Crippen MR) is 75.8 cm³/mol. The lowest BCUT2D eigenvalue weighted by atomic mass is 10.0. The van der Waals surface area contributed by atoms with Gasteiger partial charge in [-0.05, 0) is 30.7 Å². The van der Waals surface area contributed by atoms with Crippen LogP contribution in [0.5, 0.6) is 5.75 Å². The number of nitrogens with zero attached hydrogens (tertiary/aromatic N) is 1. The normalized spacial score (nSPS) is 17.3. The largest absolute Gasteiger partial charge is 0.487 e. The number of hydrogen-bond donors (Lipinski definition) is 1. The van der Waals surface area contributed by atoms with Crippen LogP contribution >= 0.6 is 0 Å². The number of carbonyl (C=O) groups excluding carboxylic acids is 1. The number of benzene rings is 1. The van der Waals surface area contributed by atoms with Gasteiger partial charge in [0.05, 0.1) is 6.04 Å². The maximum Gasteiger partial charge on any atom is 0.168 e. The SMILES string of the molecule is O=Cc1ccc(OCc2ccccc2)c([C@H]2CCN2)n1. The van der Waals surface area contributed by atoms with Crippen LogP contribution < -0.4 is 10.1 Å². The van der Waals surface area contributed by atoms with Crippen LogP contribution in [0.15, 0.2) is 42.5 Å². The summed E-state index contributed by atoms with van der Waals surface area (Å²) in [5, 5.41) is 3.29. The van der Waals surface area contributed by atoms with E-state index in [0.717, 1.165) is 36.3 Å². The Bertz CT molecular complexity index is 595. The van der Waals surface area contributed by atoms with Crippen molar-refractivity contribution in [3.05, 3.63) is 59.4 Å². The highest BCUT2D eigenvalue weighted by molar-refractivity contribution is 5.72. The monoisotopic (exact) mass is 268 g/mol. The first kappa shape index (κ1) is 12.8. The topological polar surface area (TPSA) is 51.2 Å². The molecule has 4 nitrogen and oxygen atoms in total. The van der Waals surface area contributed by atoms with Gasteiger partial charge in [0, 0.05) is 0 Å².